The fourth-order valence-electron chi connectivity index (χ4n) is 3.60. The van der Waals surface area contributed by atoms with Crippen molar-refractivity contribution in [2.45, 2.75) is 32.7 Å². The number of aryl methyl sites for hydroxylation is 1. The van der Waals surface area contributed by atoms with Crippen molar-refractivity contribution in [3.8, 4) is 22.6 Å². The molecular formula is C28H28N4O3. The maximum absolute atomic E-state index is 12.7. The monoisotopic (exact) mass is 468 g/mol. The van der Waals surface area contributed by atoms with Crippen LogP contribution < -0.4 is 16.0 Å². The van der Waals surface area contributed by atoms with Gasteiger partial charge in [0.15, 0.2) is 11.7 Å². The van der Waals surface area contributed by atoms with Gasteiger partial charge >= 0.3 is 6.03 Å². The summed E-state index contributed by atoms with van der Waals surface area (Å²) in [4.78, 5) is 29.5. The average Bonchev–Trinajstić information content (AvgIpc) is 3.29. The van der Waals surface area contributed by atoms with Gasteiger partial charge in [-0.15, -0.1) is 0 Å². The molecule has 0 bridgehead atoms. The average molecular weight is 469 g/mol. The first-order chi connectivity index (χ1) is 17.0. The Morgan fingerprint density at radius 1 is 0.800 bits per heavy atom. The van der Waals surface area contributed by atoms with Crippen molar-refractivity contribution in [2.24, 2.45) is 0 Å². The molecule has 1 heterocycles. The Hall–Kier alpha value is -4.39. The van der Waals surface area contributed by atoms with E-state index >= 15 is 0 Å². The quantitative estimate of drug-likeness (QED) is 0.291. The predicted molar refractivity (Wildman–Crippen MR) is 138 cm³/mol. The lowest BCUT2D eigenvalue weighted by atomic mass is 10.1. The van der Waals surface area contributed by atoms with E-state index in [1.165, 1.54) is 0 Å². The Morgan fingerprint density at radius 2 is 1.37 bits per heavy atom. The minimum atomic E-state index is -0.330. The van der Waals surface area contributed by atoms with Crippen molar-refractivity contribution in [3.05, 3.63) is 90.8 Å². The molecule has 4 rings (SSSR count). The molecule has 0 unspecified atom stereocenters. The second-order valence-electron chi connectivity index (χ2n) is 8.36. The predicted octanol–water partition coefficient (Wildman–Crippen LogP) is 6.11. The van der Waals surface area contributed by atoms with Gasteiger partial charge in [-0.1, -0.05) is 72.8 Å². The van der Waals surface area contributed by atoms with Crippen LogP contribution >= 0.6 is 0 Å². The molecule has 4 aromatic rings. The summed E-state index contributed by atoms with van der Waals surface area (Å²) >= 11 is 0. The van der Waals surface area contributed by atoms with Crippen LogP contribution in [0.5, 0.6) is 0 Å². The third-order valence-corrected chi connectivity index (χ3v) is 5.19. The Bertz CT molecular complexity index is 1230. The summed E-state index contributed by atoms with van der Waals surface area (Å²) < 4.78 is 6.11. The SMILES string of the molecule is CC(C)NC(=O)Nc1ccccc1NC(=O)CCc1nc(-c2ccccc2)c(-c2ccccc2)o1. The summed E-state index contributed by atoms with van der Waals surface area (Å²) in [7, 11) is 0. The van der Waals surface area contributed by atoms with Crippen molar-refractivity contribution in [2.75, 3.05) is 10.6 Å². The third kappa shape index (κ3) is 6.35. The summed E-state index contributed by atoms with van der Waals surface area (Å²) in [6.07, 6.45) is 0.511. The molecule has 0 atom stereocenters. The topological polar surface area (TPSA) is 96.3 Å². The van der Waals surface area contributed by atoms with Gasteiger partial charge in [0.25, 0.3) is 0 Å². The number of nitrogens with zero attached hydrogens (tertiary/aromatic N) is 1. The van der Waals surface area contributed by atoms with Crippen molar-refractivity contribution in [3.63, 3.8) is 0 Å². The standard InChI is InChI=1S/C28H28N4O3/c1-19(2)29-28(34)31-23-16-10-9-15-22(23)30-24(33)17-18-25-32-26(20-11-5-3-6-12-20)27(35-25)21-13-7-4-8-14-21/h3-16,19H,17-18H2,1-2H3,(H,30,33)(H2,29,31,34). The molecule has 0 aliphatic heterocycles. The van der Waals surface area contributed by atoms with Gasteiger partial charge in [0.2, 0.25) is 5.91 Å². The van der Waals surface area contributed by atoms with Gasteiger partial charge in [0.1, 0.15) is 5.69 Å². The second kappa shape index (κ2) is 11.2. The Labute approximate surface area is 204 Å². The number of urea groups is 1. The first kappa shape index (κ1) is 23.8. The highest BCUT2D eigenvalue weighted by Crippen LogP contribution is 2.33. The van der Waals surface area contributed by atoms with Crippen LogP contribution in [-0.4, -0.2) is 23.0 Å². The van der Waals surface area contributed by atoms with E-state index in [-0.39, 0.29) is 24.4 Å². The zero-order valence-electron chi connectivity index (χ0n) is 19.7. The number of amides is 3. The van der Waals surface area contributed by atoms with Gasteiger partial charge in [0.05, 0.1) is 11.4 Å². The number of hydrogen-bond acceptors (Lipinski definition) is 4. The van der Waals surface area contributed by atoms with Crippen molar-refractivity contribution in [1.82, 2.24) is 10.3 Å². The number of nitrogens with one attached hydrogen (secondary N) is 3. The summed E-state index contributed by atoms with van der Waals surface area (Å²) in [6, 6.07) is 26.4. The molecule has 0 saturated heterocycles. The number of para-hydroxylation sites is 2. The molecule has 7 heteroatoms. The number of carbonyl (C=O) groups is 2. The maximum Gasteiger partial charge on any atom is 0.319 e. The minimum absolute atomic E-state index is 0.000830. The lowest BCUT2D eigenvalue weighted by molar-refractivity contribution is -0.116. The number of aromatic nitrogens is 1. The summed E-state index contributed by atoms with van der Waals surface area (Å²) in [5.41, 5.74) is 3.67. The van der Waals surface area contributed by atoms with Crippen LogP contribution in [0.3, 0.4) is 0 Å². The number of carbonyl (C=O) groups excluding carboxylic acids is 2. The smallest absolute Gasteiger partial charge is 0.319 e. The molecule has 1 aromatic heterocycles. The minimum Gasteiger partial charge on any atom is -0.440 e. The van der Waals surface area contributed by atoms with E-state index in [4.69, 9.17) is 9.40 Å². The number of hydrogen-bond donors (Lipinski definition) is 3. The van der Waals surface area contributed by atoms with Crippen LogP contribution in [0.4, 0.5) is 16.2 Å². The number of benzene rings is 3. The lowest BCUT2D eigenvalue weighted by Crippen LogP contribution is -2.34. The van der Waals surface area contributed by atoms with Crippen LogP contribution in [0.2, 0.25) is 0 Å². The van der Waals surface area contributed by atoms with Crippen molar-refractivity contribution >= 4 is 23.3 Å². The largest absolute Gasteiger partial charge is 0.440 e. The molecule has 3 aromatic carbocycles. The van der Waals surface area contributed by atoms with E-state index in [1.54, 1.807) is 24.3 Å². The highest BCUT2D eigenvalue weighted by atomic mass is 16.4. The van der Waals surface area contributed by atoms with Crippen LogP contribution in [-0.2, 0) is 11.2 Å². The van der Waals surface area contributed by atoms with E-state index in [1.807, 2.05) is 74.5 Å². The van der Waals surface area contributed by atoms with Crippen LogP contribution in [0.15, 0.2) is 89.3 Å². The van der Waals surface area contributed by atoms with Gasteiger partial charge < -0.3 is 20.4 Å². The zero-order valence-corrected chi connectivity index (χ0v) is 19.7. The normalized spacial score (nSPS) is 10.7. The molecule has 3 amide bonds. The maximum atomic E-state index is 12.7. The van der Waals surface area contributed by atoms with E-state index < -0.39 is 0 Å². The first-order valence-corrected chi connectivity index (χ1v) is 11.6. The first-order valence-electron chi connectivity index (χ1n) is 11.6. The van der Waals surface area contributed by atoms with E-state index in [2.05, 4.69) is 16.0 Å². The zero-order chi connectivity index (χ0) is 24.6. The van der Waals surface area contributed by atoms with E-state index in [9.17, 15) is 9.59 Å². The molecule has 3 N–H and O–H groups in total. The molecule has 0 fully saturated rings. The van der Waals surface area contributed by atoms with E-state index in [0.717, 1.165) is 16.8 Å². The third-order valence-electron chi connectivity index (χ3n) is 5.19. The van der Waals surface area contributed by atoms with Gasteiger partial charge in [-0.3, -0.25) is 4.79 Å². The molecular weight excluding hydrogens is 440 g/mol. The van der Waals surface area contributed by atoms with Gasteiger partial charge in [0, 0.05) is 30.0 Å². The molecule has 0 radical (unpaired) electrons. The van der Waals surface area contributed by atoms with Gasteiger partial charge in [-0.05, 0) is 26.0 Å². The van der Waals surface area contributed by atoms with Crippen LogP contribution in [0.25, 0.3) is 22.6 Å². The molecule has 0 spiro atoms. The molecule has 178 valence electrons. The highest BCUT2D eigenvalue weighted by molar-refractivity contribution is 5.99. The highest BCUT2D eigenvalue weighted by Gasteiger charge is 2.18. The molecule has 0 saturated carbocycles. The Morgan fingerprint density at radius 3 is 2.00 bits per heavy atom. The van der Waals surface area contributed by atoms with Crippen LogP contribution in [0, 0.1) is 0 Å². The summed E-state index contributed by atoms with van der Waals surface area (Å²) in [5, 5.41) is 8.42. The molecule has 0 aliphatic rings. The summed E-state index contributed by atoms with van der Waals surface area (Å²) in [6.45, 7) is 3.75. The second-order valence-corrected chi connectivity index (χ2v) is 8.36. The van der Waals surface area contributed by atoms with Crippen LogP contribution in [0.1, 0.15) is 26.2 Å². The Balaban J connectivity index is 1.47. The van der Waals surface area contributed by atoms with Crippen molar-refractivity contribution in [1.29, 1.82) is 0 Å². The molecule has 7 nitrogen and oxygen atoms in total. The molecule has 0 aliphatic carbocycles. The number of rotatable bonds is 8. The van der Waals surface area contributed by atoms with Gasteiger partial charge in [-0.2, -0.15) is 0 Å². The lowest BCUT2D eigenvalue weighted by Gasteiger charge is -2.14. The fourth-order valence-corrected chi connectivity index (χ4v) is 3.60. The van der Waals surface area contributed by atoms with E-state index in [0.29, 0.717) is 29.4 Å². The van der Waals surface area contributed by atoms with Crippen molar-refractivity contribution < 1.29 is 14.0 Å². The number of anilines is 2. The molecule has 35 heavy (non-hydrogen) atoms. The van der Waals surface area contributed by atoms with Gasteiger partial charge in [-0.25, -0.2) is 9.78 Å². The Kier molecular flexibility index (Phi) is 7.57. The summed E-state index contributed by atoms with van der Waals surface area (Å²) in [5.74, 6) is 0.961. The number of oxazole rings is 1. The fraction of sp³-hybridized carbons (Fsp3) is 0.179.